The maximum atomic E-state index is 6.00. The van der Waals surface area contributed by atoms with Crippen LogP contribution in [0, 0.1) is 5.92 Å². The lowest BCUT2D eigenvalue weighted by atomic mass is 10.1. The molecule has 0 bridgehead atoms. The van der Waals surface area contributed by atoms with Crippen LogP contribution in [0.25, 0.3) is 11.4 Å². The van der Waals surface area contributed by atoms with E-state index in [1.807, 2.05) is 24.5 Å². The highest BCUT2D eigenvalue weighted by molar-refractivity contribution is 9.10. The summed E-state index contributed by atoms with van der Waals surface area (Å²) in [6.07, 6.45) is 4.39. The van der Waals surface area contributed by atoms with Crippen LogP contribution in [0.15, 0.2) is 29.0 Å². The van der Waals surface area contributed by atoms with Crippen molar-refractivity contribution in [2.45, 2.75) is 18.9 Å². The topological polar surface area (TPSA) is 39.9 Å². The molecule has 4 rings (SSSR count). The number of halogens is 1. The van der Waals surface area contributed by atoms with Crippen LogP contribution in [0.5, 0.6) is 5.75 Å². The Hall–Kier alpha value is -1.36. The molecule has 1 saturated carbocycles. The highest BCUT2D eigenvalue weighted by Gasteiger charge is 2.36. The molecule has 2 aliphatic rings. The normalized spacial score (nSPS) is 21.7. The number of para-hydroxylation sites is 1. The molecule has 92 valence electrons. The van der Waals surface area contributed by atoms with E-state index in [0.717, 1.165) is 21.6 Å². The second-order valence-electron chi connectivity index (χ2n) is 4.89. The summed E-state index contributed by atoms with van der Waals surface area (Å²) in [4.78, 5) is 0. The molecule has 0 unspecified atom stereocenters. The highest BCUT2D eigenvalue weighted by atomic mass is 79.9. The number of ether oxygens (including phenoxy) is 1. The summed E-state index contributed by atoms with van der Waals surface area (Å²) in [5.74, 6) is 2.52. The molecule has 0 N–H and O–H groups in total. The minimum absolute atomic E-state index is 0.370. The van der Waals surface area contributed by atoms with Gasteiger partial charge in [0.1, 0.15) is 18.7 Å². The summed E-state index contributed by atoms with van der Waals surface area (Å²) in [6.45, 7) is 0.700. The molecular formula is C13H12BrN3O. The van der Waals surface area contributed by atoms with Gasteiger partial charge in [-0.15, -0.1) is 10.2 Å². The second kappa shape index (κ2) is 3.82. The van der Waals surface area contributed by atoms with E-state index in [4.69, 9.17) is 4.74 Å². The van der Waals surface area contributed by atoms with Crippen molar-refractivity contribution in [3.05, 3.63) is 29.0 Å². The van der Waals surface area contributed by atoms with Gasteiger partial charge in [0.05, 0.1) is 16.1 Å². The Bertz CT molecular complexity index is 606. The Morgan fingerprint density at radius 1 is 1.33 bits per heavy atom. The standard InChI is InChI=1S/C13H12BrN3O/c14-10-3-1-2-9-12(10)18-6-11(8-4-5-8)17-7-15-16-13(9)17/h1-3,7-8,11H,4-6H2/t11-/m0/s1. The van der Waals surface area contributed by atoms with Crippen LogP contribution in [0.3, 0.4) is 0 Å². The van der Waals surface area contributed by atoms with Crippen molar-refractivity contribution in [3.63, 3.8) is 0 Å². The van der Waals surface area contributed by atoms with Gasteiger partial charge in [-0.3, -0.25) is 0 Å². The fraction of sp³-hybridized carbons (Fsp3) is 0.385. The van der Waals surface area contributed by atoms with Gasteiger partial charge < -0.3 is 9.30 Å². The number of hydrogen-bond donors (Lipinski definition) is 0. The first-order valence-corrected chi connectivity index (χ1v) is 6.95. The average Bonchev–Trinajstić information content (AvgIpc) is 3.11. The SMILES string of the molecule is Brc1cccc2c1OC[C@@H](C1CC1)n1cnnc1-2. The molecule has 0 spiro atoms. The van der Waals surface area contributed by atoms with Crippen molar-refractivity contribution in [1.82, 2.24) is 14.8 Å². The molecule has 0 saturated heterocycles. The van der Waals surface area contributed by atoms with E-state index in [2.05, 4.69) is 30.7 Å². The van der Waals surface area contributed by atoms with Gasteiger partial charge in [0.2, 0.25) is 0 Å². The summed E-state index contributed by atoms with van der Waals surface area (Å²) in [6, 6.07) is 6.41. The van der Waals surface area contributed by atoms with E-state index in [0.29, 0.717) is 18.6 Å². The van der Waals surface area contributed by atoms with E-state index in [-0.39, 0.29) is 0 Å². The van der Waals surface area contributed by atoms with E-state index < -0.39 is 0 Å². The Balaban J connectivity index is 1.91. The lowest BCUT2D eigenvalue weighted by molar-refractivity contribution is 0.240. The predicted molar refractivity (Wildman–Crippen MR) is 70.4 cm³/mol. The summed E-state index contributed by atoms with van der Waals surface area (Å²) in [5.41, 5.74) is 1.02. The van der Waals surface area contributed by atoms with E-state index in [9.17, 15) is 0 Å². The van der Waals surface area contributed by atoms with Crippen LogP contribution in [-0.4, -0.2) is 21.4 Å². The summed E-state index contributed by atoms with van der Waals surface area (Å²) < 4.78 is 9.15. The van der Waals surface area contributed by atoms with E-state index in [1.165, 1.54) is 12.8 Å². The molecule has 5 heteroatoms. The molecule has 18 heavy (non-hydrogen) atoms. The fourth-order valence-electron chi connectivity index (χ4n) is 2.60. The van der Waals surface area contributed by atoms with Gasteiger partial charge in [0, 0.05) is 0 Å². The minimum atomic E-state index is 0.370. The maximum absolute atomic E-state index is 6.00. The fourth-order valence-corrected chi connectivity index (χ4v) is 3.08. The Morgan fingerprint density at radius 3 is 3.06 bits per heavy atom. The van der Waals surface area contributed by atoms with Crippen LogP contribution in [0.4, 0.5) is 0 Å². The summed E-state index contributed by atoms with van der Waals surface area (Å²) in [7, 11) is 0. The zero-order chi connectivity index (χ0) is 12.1. The van der Waals surface area contributed by atoms with Gasteiger partial charge in [0.25, 0.3) is 0 Å². The van der Waals surface area contributed by atoms with Gasteiger partial charge in [-0.2, -0.15) is 0 Å². The van der Waals surface area contributed by atoms with Crippen molar-refractivity contribution in [1.29, 1.82) is 0 Å². The Labute approximate surface area is 113 Å². The number of aromatic nitrogens is 3. The quantitative estimate of drug-likeness (QED) is 0.813. The van der Waals surface area contributed by atoms with Gasteiger partial charge in [-0.05, 0) is 46.8 Å². The first-order chi connectivity index (χ1) is 8.84. The van der Waals surface area contributed by atoms with Crippen molar-refractivity contribution in [3.8, 4) is 17.1 Å². The molecule has 4 nitrogen and oxygen atoms in total. The second-order valence-corrected chi connectivity index (χ2v) is 5.75. The molecule has 0 amide bonds. The van der Waals surface area contributed by atoms with Crippen LogP contribution >= 0.6 is 15.9 Å². The van der Waals surface area contributed by atoms with Crippen LogP contribution in [0.2, 0.25) is 0 Å². The molecule has 1 atom stereocenters. The van der Waals surface area contributed by atoms with Gasteiger partial charge in [-0.25, -0.2) is 0 Å². The number of fused-ring (bicyclic) bond motifs is 3. The molecule has 1 aliphatic carbocycles. The lowest BCUT2D eigenvalue weighted by Gasteiger charge is -2.16. The first-order valence-electron chi connectivity index (χ1n) is 6.16. The maximum Gasteiger partial charge on any atom is 0.167 e. The van der Waals surface area contributed by atoms with E-state index in [1.54, 1.807) is 0 Å². The molecule has 1 aromatic carbocycles. The lowest BCUT2D eigenvalue weighted by Crippen LogP contribution is -2.17. The summed E-state index contributed by atoms with van der Waals surface area (Å²) in [5, 5.41) is 8.35. The Kier molecular flexibility index (Phi) is 2.24. The van der Waals surface area contributed by atoms with Gasteiger partial charge >= 0.3 is 0 Å². The zero-order valence-electron chi connectivity index (χ0n) is 9.71. The molecule has 1 aromatic heterocycles. The largest absolute Gasteiger partial charge is 0.489 e. The third-order valence-corrected chi connectivity index (χ3v) is 4.33. The van der Waals surface area contributed by atoms with Crippen molar-refractivity contribution < 1.29 is 4.74 Å². The zero-order valence-corrected chi connectivity index (χ0v) is 11.3. The van der Waals surface area contributed by atoms with Gasteiger partial charge in [-0.1, -0.05) is 6.07 Å². The number of rotatable bonds is 1. The number of nitrogens with zero attached hydrogens (tertiary/aromatic N) is 3. The first kappa shape index (κ1) is 10.6. The van der Waals surface area contributed by atoms with Gasteiger partial charge in [0.15, 0.2) is 5.82 Å². The van der Waals surface area contributed by atoms with Crippen molar-refractivity contribution in [2.75, 3.05) is 6.61 Å². The molecule has 2 aromatic rings. The van der Waals surface area contributed by atoms with E-state index >= 15 is 0 Å². The third kappa shape index (κ3) is 1.50. The molecule has 0 radical (unpaired) electrons. The highest BCUT2D eigenvalue weighted by Crippen LogP contribution is 2.45. The third-order valence-electron chi connectivity index (χ3n) is 3.70. The van der Waals surface area contributed by atoms with Crippen LogP contribution < -0.4 is 4.74 Å². The predicted octanol–water partition coefficient (Wildman–Crippen LogP) is 3.05. The summed E-state index contributed by atoms with van der Waals surface area (Å²) >= 11 is 3.55. The molecule has 1 aliphatic heterocycles. The van der Waals surface area contributed by atoms with Crippen LogP contribution in [-0.2, 0) is 0 Å². The number of hydrogen-bond acceptors (Lipinski definition) is 3. The average molecular weight is 306 g/mol. The molecule has 1 fully saturated rings. The Morgan fingerprint density at radius 2 is 2.22 bits per heavy atom. The van der Waals surface area contributed by atoms with Crippen LogP contribution in [0.1, 0.15) is 18.9 Å². The van der Waals surface area contributed by atoms with Crippen molar-refractivity contribution in [2.24, 2.45) is 5.92 Å². The molecule has 2 heterocycles. The molecular weight excluding hydrogens is 294 g/mol. The monoisotopic (exact) mass is 305 g/mol. The smallest absolute Gasteiger partial charge is 0.167 e. The number of benzene rings is 1. The van der Waals surface area contributed by atoms with Crippen molar-refractivity contribution >= 4 is 15.9 Å². The minimum Gasteiger partial charge on any atom is -0.489 e.